The zero-order chi connectivity index (χ0) is 16.1. The SMILES string of the molecule is Cc1c2c(cc3sc4ccccc4c13)C(CCCl)C(C(N)=O)=N2. The Kier molecular flexibility index (Phi) is 3.39. The average Bonchev–Trinajstić information content (AvgIpc) is 3.07. The molecular formula is C18H15ClN2OS. The predicted molar refractivity (Wildman–Crippen MR) is 98.4 cm³/mol. The third-order valence-corrected chi connectivity index (χ3v) is 5.84. The van der Waals surface area contributed by atoms with Crippen molar-refractivity contribution in [1.82, 2.24) is 0 Å². The summed E-state index contributed by atoms with van der Waals surface area (Å²) in [6.07, 6.45) is 0.673. The number of benzene rings is 2. The molecule has 0 saturated heterocycles. The summed E-state index contributed by atoms with van der Waals surface area (Å²) >= 11 is 7.71. The highest BCUT2D eigenvalue weighted by Gasteiger charge is 2.32. The lowest BCUT2D eigenvalue weighted by atomic mass is 9.90. The Labute approximate surface area is 142 Å². The number of carbonyl (C=O) groups excluding carboxylic acids is 1. The van der Waals surface area contributed by atoms with Crippen molar-refractivity contribution >= 4 is 60.4 Å². The fourth-order valence-electron chi connectivity index (χ4n) is 3.49. The molecule has 0 saturated carbocycles. The molecule has 116 valence electrons. The van der Waals surface area contributed by atoms with Crippen LogP contribution in [0.5, 0.6) is 0 Å². The highest BCUT2D eigenvalue weighted by atomic mass is 35.5. The number of nitrogens with two attached hydrogens (primary N) is 1. The van der Waals surface area contributed by atoms with Crippen LogP contribution < -0.4 is 5.73 Å². The molecule has 1 amide bonds. The highest BCUT2D eigenvalue weighted by molar-refractivity contribution is 7.25. The van der Waals surface area contributed by atoms with Crippen LogP contribution in [0.1, 0.15) is 23.5 Å². The third-order valence-electron chi connectivity index (χ3n) is 4.50. The van der Waals surface area contributed by atoms with Crippen molar-refractivity contribution in [2.24, 2.45) is 10.7 Å². The summed E-state index contributed by atoms with van der Waals surface area (Å²) in [5.41, 5.74) is 9.05. The van der Waals surface area contributed by atoms with Crippen LogP contribution in [-0.2, 0) is 4.79 Å². The lowest BCUT2D eigenvalue weighted by Crippen LogP contribution is -2.27. The Bertz CT molecular complexity index is 990. The molecule has 0 bridgehead atoms. The van der Waals surface area contributed by atoms with Crippen molar-refractivity contribution in [3.63, 3.8) is 0 Å². The van der Waals surface area contributed by atoms with E-state index in [1.807, 2.05) is 0 Å². The second-order valence-corrected chi connectivity index (χ2v) is 7.26. The zero-order valence-corrected chi connectivity index (χ0v) is 14.2. The van der Waals surface area contributed by atoms with Gasteiger partial charge in [-0.05, 0) is 36.6 Å². The molecule has 0 spiro atoms. The lowest BCUT2D eigenvalue weighted by molar-refractivity contribution is -0.112. The molecule has 1 atom stereocenters. The number of halogens is 1. The number of alkyl halides is 1. The molecule has 1 unspecified atom stereocenters. The molecule has 1 aliphatic heterocycles. The van der Waals surface area contributed by atoms with Crippen molar-refractivity contribution in [3.05, 3.63) is 41.5 Å². The highest BCUT2D eigenvalue weighted by Crippen LogP contribution is 2.47. The van der Waals surface area contributed by atoms with Gasteiger partial charge in [0.1, 0.15) is 5.71 Å². The van der Waals surface area contributed by atoms with Gasteiger partial charge < -0.3 is 5.73 Å². The first-order chi connectivity index (χ1) is 11.1. The first-order valence-electron chi connectivity index (χ1n) is 7.51. The summed E-state index contributed by atoms with van der Waals surface area (Å²) in [5.74, 6) is -0.0721. The number of hydrogen-bond acceptors (Lipinski definition) is 3. The number of nitrogens with zero attached hydrogens (tertiary/aromatic N) is 1. The van der Waals surface area contributed by atoms with Crippen LogP contribution in [-0.4, -0.2) is 17.5 Å². The van der Waals surface area contributed by atoms with Gasteiger partial charge in [0.25, 0.3) is 5.91 Å². The molecule has 2 aromatic carbocycles. The molecule has 2 heterocycles. The van der Waals surface area contributed by atoms with Gasteiger partial charge in [-0.3, -0.25) is 4.79 Å². The maximum absolute atomic E-state index is 11.8. The van der Waals surface area contributed by atoms with Crippen LogP contribution in [0.15, 0.2) is 35.3 Å². The Morgan fingerprint density at radius 1 is 1.35 bits per heavy atom. The number of fused-ring (bicyclic) bond motifs is 4. The number of aryl methyl sites for hydroxylation is 1. The summed E-state index contributed by atoms with van der Waals surface area (Å²) in [4.78, 5) is 16.3. The smallest absolute Gasteiger partial charge is 0.263 e. The van der Waals surface area contributed by atoms with Gasteiger partial charge in [-0.15, -0.1) is 22.9 Å². The van der Waals surface area contributed by atoms with E-state index in [4.69, 9.17) is 17.3 Å². The van der Waals surface area contributed by atoms with E-state index in [0.717, 1.165) is 16.8 Å². The molecule has 0 fully saturated rings. The van der Waals surface area contributed by atoms with E-state index >= 15 is 0 Å². The maximum Gasteiger partial charge on any atom is 0.263 e. The van der Waals surface area contributed by atoms with Gasteiger partial charge in [0.2, 0.25) is 0 Å². The van der Waals surface area contributed by atoms with E-state index in [0.29, 0.717) is 18.0 Å². The van der Waals surface area contributed by atoms with Crippen molar-refractivity contribution < 1.29 is 4.79 Å². The fourth-order valence-corrected chi connectivity index (χ4v) is 4.92. The normalized spacial score (nSPS) is 16.8. The molecule has 23 heavy (non-hydrogen) atoms. The molecule has 4 rings (SSSR count). The minimum Gasteiger partial charge on any atom is -0.365 e. The molecule has 3 aromatic rings. The second-order valence-electron chi connectivity index (χ2n) is 5.80. The topological polar surface area (TPSA) is 55.5 Å². The molecule has 0 aliphatic carbocycles. The summed E-state index contributed by atoms with van der Waals surface area (Å²) in [6.45, 7) is 2.07. The van der Waals surface area contributed by atoms with Crippen molar-refractivity contribution in [2.75, 3.05) is 5.88 Å². The Balaban J connectivity index is 2.05. The van der Waals surface area contributed by atoms with Crippen molar-refractivity contribution in [3.8, 4) is 0 Å². The number of primary amides is 1. The van der Waals surface area contributed by atoms with Gasteiger partial charge in [-0.25, -0.2) is 4.99 Å². The largest absolute Gasteiger partial charge is 0.365 e. The van der Waals surface area contributed by atoms with E-state index in [9.17, 15) is 4.79 Å². The van der Waals surface area contributed by atoms with Crippen LogP contribution >= 0.6 is 22.9 Å². The van der Waals surface area contributed by atoms with Gasteiger partial charge >= 0.3 is 0 Å². The maximum atomic E-state index is 11.8. The van der Waals surface area contributed by atoms with Gasteiger partial charge in [0.05, 0.1) is 5.69 Å². The number of aliphatic imine (C=N–C) groups is 1. The van der Waals surface area contributed by atoms with Gasteiger partial charge in [-0.1, -0.05) is 18.2 Å². The molecule has 1 aromatic heterocycles. The number of hydrogen-bond donors (Lipinski definition) is 1. The van der Waals surface area contributed by atoms with E-state index < -0.39 is 5.91 Å². The molecule has 3 nitrogen and oxygen atoms in total. The Morgan fingerprint density at radius 2 is 2.13 bits per heavy atom. The molecule has 2 N–H and O–H groups in total. The minimum absolute atomic E-state index is 0.0895. The monoisotopic (exact) mass is 342 g/mol. The lowest BCUT2D eigenvalue weighted by Gasteiger charge is -2.12. The van der Waals surface area contributed by atoms with Crippen LogP contribution in [0, 0.1) is 6.92 Å². The zero-order valence-electron chi connectivity index (χ0n) is 12.6. The molecule has 5 heteroatoms. The van der Waals surface area contributed by atoms with Crippen molar-refractivity contribution in [1.29, 1.82) is 0 Å². The summed E-state index contributed by atoms with van der Waals surface area (Å²) < 4.78 is 2.49. The first-order valence-corrected chi connectivity index (χ1v) is 8.86. The van der Waals surface area contributed by atoms with Gasteiger partial charge in [0, 0.05) is 32.0 Å². The van der Waals surface area contributed by atoms with E-state index in [-0.39, 0.29) is 5.92 Å². The number of amides is 1. The quantitative estimate of drug-likeness (QED) is 0.692. The van der Waals surface area contributed by atoms with Crippen LogP contribution in [0.3, 0.4) is 0 Å². The van der Waals surface area contributed by atoms with E-state index in [1.165, 1.54) is 20.2 Å². The van der Waals surface area contributed by atoms with E-state index in [2.05, 4.69) is 42.2 Å². The summed E-state index contributed by atoms with van der Waals surface area (Å²) in [5, 5.41) is 2.47. The standard InChI is InChI=1S/C18H15ClN2OS/c1-9-15-11-4-2-3-5-13(11)23-14(15)8-12-10(6-7-19)17(18(20)22)21-16(9)12/h2-5,8,10H,6-7H2,1H3,(H2,20,22). The van der Waals surface area contributed by atoms with E-state index in [1.54, 1.807) is 11.3 Å². The van der Waals surface area contributed by atoms with Gasteiger partial charge in [0.15, 0.2) is 0 Å². The summed E-state index contributed by atoms with van der Waals surface area (Å²) in [7, 11) is 0. The predicted octanol–water partition coefficient (Wildman–Crippen LogP) is 4.65. The third kappa shape index (κ3) is 2.09. The Hall–Kier alpha value is -1.91. The second kappa shape index (κ2) is 5.32. The van der Waals surface area contributed by atoms with Crippen LogP contribution in [0.25, 0.3) is 20.2 Å². The number of rotatable bonds is 3. The number of carbonyl (C=O) groups is 1. The van der Waals surface area contributed by atoms with Crippen LogP contribution in [0.2, 0.25) is 0 Å². The summed E-state index contributed by atoms with van der Waals surface area (Å²) in [6, 6.07) is 10.5. The molecule has 1 aliphatic rings. The van der Waals surface area contributed by atoms with Crippen LogP contribution in [0.4, 0.5) is 5.69 Å². The van der Waals surface area contributed by atoms with Crippen molar-refractivity contribution in [2.45, 2.75) is 19.3 Å². The Morgan fingerprint density at radius 3 is 2.87 bits per heavy atom. The van der Waals surface area contributed by atoms with Gasteiger partial charge in [-0.2, -0.15) is 0 Å². The number of thiophene rings is 1. The fraction of sp³-hybridized carbons (Fsp3) is 0.222. The molecule has 0 radical (unpaired) electrons. The average molecular weight is 343 g/mol. The minimum atomic E-state index is -0.455. The first kappa shape index (κ1) is 14.7. The molecular weight excluding hydrogens is 328 g/mol.